The maximum Gasteiger partial charge on any atom is 0.273 e. The number of rotatable bonds is 5. The summed E-state index contributed by atoms with van der Waals surface area (Å²) in [5.41, 5.74) is 0.865. The fourth-order valence-corrected chi connectivity index (χ4v) is 4.77. The molecular formula is C15H23N3O4S. The molecule has 1 aliphatic rings. The van der Waals surface area contributed by atoms with E-state index < -0.39 is 14.9 Å². The van der Waals surface area contributed by atoms with Crippen molar-refractivity contribution < 1.29 is 13.3 Å². The van der Waals surface area contributed by atoms with Gasteiger partial charge in [0.05, 0.1) is 9.82 Å². The normalized spacial score (nSPS) is 17.3. The number of hydrogen-bond acceptors (Lipinski definition) is 5. The van der Waals surface area contributed by atoms with Gasteiger partial charge in [0.2, 0.25) is 10.0 Å². The lowest BCUT2D eigenvalue weighted by molar-refractivity contribution is -0.385. The van der Waals surface area contributed by atoms with E-state index in [1.807, 2.05) is 7.05 Å². The Hall–Kier alpha value is -1.51. The predicted molar refractivity (Wildman–Crippen MR) is 88.0 cm³/mol. The number of nitro benzene ring substituents is 1. The molecule has 128 valence electrons. The highest BCUT2D eigenvalue weighted by molar-refractivity contribution is 7.89. The van der Waals surface area contributed by atoms with Crippen molar-refractivity contribution in [2.75, 3.05) is 26.7 Å². The van der Waals surface area contributed by atoms with Crippen LogP contribution in [0.1, 0.15) is 24.0 Å². The molecule has 1 aromatic carbocycles. The van der Waals surface area contributed by atoms with Crippen LogP contribution in [0.25, 0.3) is 0 Å². The van der Waals surface area contributed by atoms with Gasteiger partial charge in [-0.05, 0) is 57.8 Å². The van der Waals surface area contributed by atoms with Crippen molar-refractivity contribution in [3.8, 4) is 0 Å². The van der Waals surface area contributed by atoms with Gasteiger partial charge in [0.1, 0.15) is 0 Å². The summed E-state index contributed by atoms with van der Waals surface area (Å²) in [5, 5.41) is 14.2. The van der Waals surface area contributed by atoms with Crippen LogP contribution in [0.4, 0.5) is 5.69 Å². The molecule has 0 aliphatic carbocycles. The molecule has 0 unspecified atom stereocenters. The molecule has 0 atom stereocenters. The van der Waals surface area contributed by atoms with Crippen LogP contribution in [0.3, 0.4) is 0 Å². The van der Waals surface area contributed by atoms with Crippen molar-refractivity contribution in [2.45, 2.75) is 31.6 Å². The van der Waals surface area contributed by atoms with Gasteiger partial charge in [0.15, 0.2) is 0 Å². The first kappa shape index (κ1) is 17.8. The highest BCUT2D eigenvalue weighted by Gasteiger charge is 2.31. The molecular weight excluding hydrogens is 318 g/mol. The van der Waals surface area contributed by atoms with Crippen molar-refractivity contribution in [3.05, 3.63) is 33.4 Å². The number of sulfonamides is 1. The monoisotopic (exact) mass is 341 g/mol. The zero-order valence-corrected chi connectivity index (χ0v) is 14.5. The van der Waals surface area contributed by atoms with E-state index in [9.17, 15) is 18.5 Å². The van der Waals surface area contributed by atoms with Gasteiger partial charge in [-0.15, -0.1) is 0 Å². The lowest BCUT2D eigenvalue weighted by Crippen LogP contribution is -2.40. The second kappa shape index (κ2) is 6.94. The second-order valence-electron chi connectivity index (χ2n) is 6.07. The number of nitro groups is 1. The van der Waals surface area contributed by atoms with Crippen LogP contribution < -0.4 is 5.32 Å². The molecule has 0 bridgehead atoms. The van der Waals surface area contributed by atoms with E-state index in [0.29, 0.717) is 30.1 Å². The molecule has 0 saturated carbocycles. The first-order valence-electron chi connectivity index (χ1n) is 7.67. The minimum absolute atomic E-state index is 0.0434. The largest absolute Gasteiger partial charge is 0.319 e. The second-order valence-corrected chi connectivity index (χ2v) is 7.97. The third kappa shape index (κ3) is 3.70. The van der Waals surface area contributed by atoms with Gasteiger partial charge in [0.25, 0.3) is 5.69 Å². The summed E-state index contributed by atoms with van der Waals surface area (Å²) in [7, 11) is -1.81. The Labute approximate surface area is 136 Å². The molecule has 23 heavy (non-hydrogen) atoms. The number of nitrogens with one attached hydrogen (secondary N) is 1. The minimum Gasteiger partial charge on any atom is -0.319 e. The van der Waals surface area contributed by atoms with Crippen molar-refractivity contribution >= 4 is 15.7 Å². The molecule has 0 aromatic heterocycles. The maximum atomic E-state index is 12.8. The number of aryl methyl sites for hydroxylation is 2. The molecule has 1 N–H and O–H groups in total. The molecule has 0 radical (unpaired) electrons. The number of nitrogens with zero attached hydrogens (tertiary/aromatic N) is 2. The standard InChI is InChI=1S/C15H23N3O4S/c1-11-8-12(2)15(9-14(11)18(19)20)23(21,22)17-6-4-13(5-7-17)10-16-3/h8-9,13,16H,4-7,10H2,1-3H3. The van der Waals surface area contributed by atoms with Gasteiger partial charge in [-0.1, -0.05) is 0 Å². The first-order chi connectivity index (χ1) is 10.8. The van der Waals surface area contributed by atoms with Crippen molar-refractivity contribution in [1.29, 1.82) is 0 Å². The third-order valence-corrected chi connectivity index (χ3v) is 6.41. The Bertz CT molecular complexity index is 695. The van der Waals surface area contributed by atoms with Gasteiger partial charge in [-0.25, -0.2) is 8.42 Å². The predicted octanol–water partition coefficient (Wildman–Crippen LogP) is 1.83. The summed E-state index contributed by atoms with van der Waals surface area (Å²) in [4.78, 5) is 10.6. The molecule has 0 spiro atoms. The van der Waals surface area contributed by atoms with Crippen LogP contribution in [0.5, 0.6) is 0 Å². The van der Waals surface area contributed by atoms with E-state index in [-0.39, 0.29) is 10.6 Å². The highest BCUT2D eigenvalue weighted by atomic mass is 32.2. The Morgan fingerprint density at radius 2 is 1.87 bits per heavy atom. The lowest BCUT2D eigenvalue weighted by Gasteiger charge is -2.31. The van der Waals surface area contributed by atoms with Crippen molar-refractivity contribution in [1.82, 2.24) is 9.62 Å². The summed E-state index contributed by atoms with van der Waals surface area (Å²) >= 11 is 0. The van der Waals surface area contributed by atoms with Gasteiger partial charge < -0.3 is 5.32 Å². The number of benzene rings is 1. The fraction of sp³-hybridized carbons (Fsp3) is 0.600. The number of piperidine rings is 1. The van der Waals surface area contributed by atoms with E-state index in [0.717, 1.165) is 19.4 Å². The Balaban J connectivity index is 2.30. The smallest absolute Gasteiger partial charge is 0.273 e. The zero-order chi connectivity index (χ0) is 17.2. The van der Waals surface area contributed by atoms with Crippen LogP contribution in [0.15, 0.2) is 17.0 Å². The van der Waals surface area contributed by atoms with Crippen LogP contribution in [-0.2, 0) is 10.0 Å². The van der Waals surface area contributed by atoms with Gasteiger partial charge >= 0.3 is 0 Å². The van der Waals surface area contributed by atoms with Gasteiger partial charge in [0, 0.05) is 24.7 Å². The Morgan fingerprint density at radius 1 is 1.26 bits per heavy atom. The zero-order valence-electron chi connectivity index (χ0n) is 13.7. The molecule has 1 fully saturated rings. The van der Waals surface area contributed by atoms with Crippen LogP contribution in [0, 0.1) is 29.9 Å². The summed E-state index contributed by atoms with van der Waals surface area (Å²) in [6.45, 7) is 5.08. The third-order valence-electron chi connectivity index (χ3n) is 4.37. The molecule has 1 heterocycles. The van der Waals surface area contributed by atoms with Gasteiger partial charge in [-0.2, -0.15) is 4.31 Å². The number of hydrogen-bond donors (Lipinski definition) is 1. The quantitative estimate of drug-likeness (QED) is 0.651. The van der Waals surface area contributed by atoms with E-state index in [4.69, 9.17) is 0 Å². The van der Waals surface area contributed by atoms with Gasteiger partial charge in [-0.3, -0.25) is 10.1 Å². The SMILES string of the molecule is CNCC1CCN(S(=O)(=O)c2cc([N+](=O)[O-])c(C)cc2C)CC1. The summed E-state index contributed by atoms with van der Waals surface area (Å²) in [6.07, 6.45) is 1.60. The van der Waals surface area contributed by atoms with E-state index >= 15 is 0 Å². The fourth-order valence-electron chi connectivity index (χ4n) is 3.08. The van der Waals surface area contributed by atoms with Crippen LogP contribution in [-0.4, -0.2) is 44.3 Å². The average Bonchev–Trinajstić information content (AvgIpc) is 2.47. The molecule has 2 rings (SSSR count). The summed E-state index contributed by atoms with van der Waals surface area (Å²) in [5.74, 6) is 0.472. The molecule has 1 saturated heterocycles. The van der Waals surface area contributed by atoms with Crippen molar-refractivity contribution in [2.24, 2.45) is 5.92 Å². The Kier molecular flexibility index (Phi) is 5.38. The molecule has 7 nitrogen and oxygen atoms in total. The Morgan fingerprint density at radius 3 is 2.39 bits per heavy atom. The van der Waals surface area contributed by atoms with E-state index in [2.05, 4.69) is 5.32 Å². The van der Waals surface area contributed by atoms with E-state index in [1.165, 1.54) is 10.4 Å². The summed E-state index contributed by atoms with van der Waals surface area (Å²) < 4.78 is 27.1. The maximum absolute atomic E-state index is 12.8. The first-order valence-corrected chi connectivity index (χ1v) is 9.11. The molecule has 1 aliphatic heterocycles. The average molecular weight is 341 g/mol. The minimum atomic E-state index is -3.70. The van der Waals surface area contributed by atoms with E-state index in [1.54, 1.807) is 19.9 Å². The summed E-state index contributed by atoms with van der Waals surface area (Å²) in [6, 6.07) is 2.76. The topological polar surface area (TPSA) is 92.6 Å². The highest BCUT2D eigenvalue weighted by Crippen LogP contribution is 2.30. The van der Waals surface area contributed by atoms with Crippen molar-refractivity contribution in [3.63, 3.8) is 0 Å². The lowest BCUT2D eigenvalue weighted by atomic mass is 9.98. The molecule has 0 amide bonds. The van der Waals surface area contributed by atoms with Crippen LogP contribution in [0.2, 0.25) is 0 Å². The molecule has 1 aromatic rings. The molecule has 8 heteroatoms. The van der Waals surface area contributed by atoms with Crippen LogP contribution >= 0.6 is 0 Å².